The number of nitrogens with one attached hydrogen (secondary N) is 1. The Kier molecular flexibility index (Phi) is 7.11. The molecule has 0 radical (unpaired) electrons. The number of carbonyl (C=O) groups excluding carboxylic acids is 1. The molecule has 164 valence electrons. The fourth-order valence-corrected chi connectivity index (χ4v) is 3.76. The van der Waals surface area contributed by atoms with Gasteiger partial charge in [-0.15, -0.1) is 10.2 Å². The molecule has 31 heavy (non-hydrogen) atoms. The van der Waals surface area contributed by atoms with E-state index in [1.54, 1.807) is 11.5 Å². The molecule has 0 aliphatic carbocycles. The first-order chi connectivity index (χ1) is 14.7. The molecule has 0 aliphatic rings. The van der Waals surface area contributed by atoms with Crippen LogP contribution in [-0.4, -0.2) is 33.0 Å². The second kappa shape index (κ2) is 9.61. The number of carbonyl (C=O) groups is 1. The van der Waals surface area contributed by atoms with Crippen LogP contribution in [-0.2, 0) is 11.0 Å². The van der Waals surface area contributed by atoms with Crippen molar-refractivity contribution < 1.29 is 22.7 Å². The molecule has 0 fully saturated rings. The minimum absolute atomic E-state index is 0.00600. The molecular weight excluding hydrogens is 453 g/mol. The molecule has 0 atom stereocenters. The standard InChI is InChI=1S/C20H18ClF3N4O2S/c1-3-30-15-7-5-14(6-8-15)28-12(2)26-27-19(28)31-11-18(29)25-13-4-9-17(21)16(10-13)20(22,23)24/h4-10H,3,11H2,1-2H3,(H,25,29). The van der Waals surface area contributed by atoms with E-state index in [0.29, 0.717) is 17.6 Å². The fourth-order valence-electron chi connectivity index (χ4n) is 2.74. The minimum atomic E-state index is -4.61. The topological polar surface area (TPSA) is 69.0 Å². The largest absolute Gasteiger partial charge is 0.494 e. The van der Waals surface area contributed by atoms with Crippen LogP contribution >= 0.6 is 23.4 Å². The molecule has 1 amide bonds. The number of halogens is 4. The predicted molar refractivity (Wildman–Crippen MR) is 113 cm³/mol. The molecule has 6 nitrogen and oxygen atoms in total. The van der Waals surface area contributed by atoms with Gasteiger partial charge in [0.15, 0.2) is 5.16 Å². The van der Waals surface area contributed by atoms with Gasteiger partial charge >= 0.3 is 6.18 Å². The highest BCUT2D eigenvalue weighted by Gasteiger charge is 2.33. The van der Waals surface area contributed by atoms with E-state index in [0.717, 1.165) is 35.3 Å². The summed E-state index contributed by atoms with van der Waals surface area (Å²) in [5.74, 6) is 0.796. The van der Waals surface area contributed by atoms with Crippen molar-refractivity contribution in [1.82, 2.24) is 14.8 Å². The molecule has 0 saturated heterocycles. The number of hydrogen-bond acceptors (Lipinski definition) is 5. The zero-order chi connectivity index (χ0) is 22.6. The van der Waals surface area contributed by atoms with Crippen molar-refractivity contribution in [1.29, 1.82) is 0 Å². The third-order valence-electron chi connectivity index (χ3n) is 4.09. The molecule has 3 aromatic rings. The molecule has 2 aromatic carbocycles. The van der Waals surface area contributed by atoms with E-state index < -0.39 is 22.7 Å². The lowest BCUT2D eigenvalue weighted by Gasteiger charge is -2.12. The third kappa shape index (κ3) is 5.71. The van der Waals surface area contributed by atoms with Gasteiger partial charge < -0.3 is 10.1 Å². The Morgan fingerprint density at radius 2 is 1.90 bits per heavy atom. The van der Waals surface area contributed by atoms with Crippen LogP contribution < -0.4 is 10.1 Å². The molecular formula is C20H18ClF3N4O2S. The summed E-state index contributed by atoms with van der Waals surface area (Å²) in [6.07, 6.45) is -4.61. The van der Waals surface area contributed by atoms with Gasteiger partial charge in [-0.05, 0) is 56.3 Å². The number of benzene rings is 2. The van der Waals surface area contributed by atoms with Gasteiger partial charge in [-0.2, -0.15) is 13.2 Å². The van der Waals surface area contributed by atoms with Crippen molar-refractivity contribution >= 4 is 35.0 Å². The fraction of sp³-hybridized carbons (Fsp3) is 0.250. The number of rotatable bonds is 7. The van der Waals surface area contributed by atoms with Gasteiger partial charge in [-0.3, -0.25) is 9.36 Å². The van der Waals surface area contributed by atoms with Gasteiger partial charge in [0.2, 0.25) is 5.91 Å². The average Bonchev–Trinajstić information content (AvgIpc) is 3.08. The van der Waals surface area contributed by atoms with E-state index in [9.17, 15) is 18.0 Å². The van der Waals surface area contributed by atoms with Crippen molar-refractivity contribution in [2.45, 2.75) is 25.2 Å². The van der Waals surface area contributed by atoms with E-state index in [4.69, 9.17) is 16.3 Å². The molecule has 1 N–H and O–H groups in total. The van der Waals surface area contributed by atoms with E-state index in [1.807, 2.05) is 31.2 Å². The summed E-state index contributed by atoms with van der Waals surface area (Å²) >= 11 is 6.72. The van der Waals surface area contributed by atoms with Crippen molar-refractivity contribution in [3.8, 4) is 11.4 Å². The first-order valence-electron chi connectivity index (χ1n) is 9.13. The van der Waals surface area contributed by atoms with Gasteiger partial charge in [-0.1, -0.05) is 23.4 Å². The highest BCUT2D eigenvalue weighted by atomic mass is 35.5. The Morgan fingerprint density at radius 1 is 1.19 bits per heavy atom. The minimum Gasteiger partial charge on any atom is -0.494 e. The van der Waals surface area contributed by atoms with Gasteiger partial charge in [0.25, 0.3) is 0 Å². The van der Waals surface area contributed by atoms with Crippen LogP contribution in [0.2, 0.25) is 5.02 Å². The summed E-state index contributed by atoms with van der Waals surface area (Å²) in [5.41, 5.74) is -0.210. The number of aryl methyl sites for hydroxylation is 1. The smallest absolute Gasteiger partial charge is 0.417 e. The molecule has 0 bridgehead atoms. The molecule has 0 aliphatic heterocycles. The Labute approximate surface area is 185 Å². The molecule has 1 aromatic heterocycles. The van der Waals surface area contributed by atoms with Crippen molar-refractivity contribution in [2.24, 2.45) is 0 Å². The first kappa shape index (κ1) is 23.0. The molecule has 0 saturated carbocycles. The number of amides is 1. The summed E-state index contributed by atoms with van der Waals surface area (Å²) in [7, 11) is 0. The third-order valence-corrected chi connectivity index (χ3v) is 5.35. The van der Waals surface area contributed by atoms with Gasteiger partial charge in [0.1, 0.15) is 11.6 Å². The SMILES string of the molecule is CCOc1ccc(-n2c(C)nnc2SCC(=O)Nc2ccc(Cl)c(C(F)(F)F)c2)cc1. The summed E-state index contributed by atoms with van der Waals surface area (Å²) in [6.45, 7) is 4.23. The number of aromatic nitrogens is 3. The molecule has 1 heterocycles. The maximum atomic E-state index is 13.0. The van der Waals surface area contributed by atoms with Crippen LogP contribution in [0.5, 0.6) is 5.75 Å². The van der Waals surface area contributed by atoms with Crippen LogP contribution in [0.4, 0.5) is 18.9 Å². The van der Waals surface area contributed by atoms with Crippen LogP contribution in [0, 0.1) is 6.92 Å². The summed E-state index contributed by atoms with van der Waals surface area (Å²) in [6, 6.07) is 10.5. The Balaban J connectivity index is 1.69. The van der Waals surface area contributed by atoms with Gasteiger partial charge in [0.05, 0.1) is 22.9 Å². The number of hydrogen-bond donors (Lipinski definition) is 1. The zero-order valence-electron chi connectivity index (χ0n) is 16.5. The lowest BCUT2D eigenvalue weighted by atomic mass is 10.2. The number of anilines is 1. The van der Waals surface area contributed by atoms with Crippen LogP contribution in [0.1, 0.15) is 18.3 Å². The average molecular weight is 471 g/mol. The lowest BCUT2D eigenvalue weighted by molar-refractivity contribution is -0.137. The maximum Gasteiger partial charge on any atom is 0.417 e. The van der Waals surface area contributed by atoms with E-state index in [-0.39, 0.29) is 11.4 Å². The van der Waals surface area contributed by atoms with Crippen LogP contribution in [0.15, 0.2) is 47.6 Å². The lowest BCUT2D eigenvalue weighted by Crippen LogP contribution is -2.15. The monoisotopic (exact) mass is 470 g/mol. The quantitative estimate of drug-likeness (QED) is 0.470. The Bertz CT molecular complexity index is 1070. The second-order valence-electron chi connectivity index (χ2n) is 6.32. The van der Waals surface area contributed by atoms with Gasteiger partial charge in [0, 0.05) is 11.4 Å². The Morgan fingerprint density at radius 3 is 2.55 bits per heavy atom. The number of thioether (sulfide) groups is 1. The zero-order valence-corrected chi connectivity index (χ0v) is 18.1. The van der Waals surface area contributed by atoms with Crippen molar-refractivity contribution in [3.05, 3.63) is 58.9 Å². The molecule has 11 heteroatoms. The van der Waals surface area contributed by atoms with Crippen LogP contribution in [0.3, 0.4) is 0 Å². The molecule has 0 spiro atoms. The number of ether oxygens (including phenoxy) is 1. The summed E-state index contributed by atoms with van der Waals surface area (Å²) < 4.78 is 46.2. The second-order valence-corrected chi connectivity index (χ2v) is 7.67. The molecule has 0 unspecified atom stereocenters. The van der Waals surface area contributed by atoms with E-state index >= 15 is 0 Å². The predicted octanol–water partition coefficient (Wildman–Crippen LogP) is 5.38. The highest BCUT2D eigenvalue weighted by Crippen LogP contribution is 2.36. The van der Waals surface area contributed by atoms with E-state index in [1.165, 1.54) is 6.07 Å². The van der Waals surface area contributed by atoms with E-state index in [2.05, 4.69) is 15.5 Å². The summed E-state index contributed by atoms with van der Waals surface area (Å²) in [4.78, 5) is 12.3. The Hall–Kier alpha value is -2.72. The van der Waals surface area contributed by atoms with Crippen LogP contribution in [0.25, 0.3) is 5.69 Å². The number of nitrogens with zero attached hydrogens (tertiary/aromatic N) is 3. The van der Waals surface area contributed by atoms with Gasteiger partial charge in [-0.25, -0.2) is 0 Å². The highest BCUT2D eigenvalue weighted by molar-refractivity contribution is 7.99. The first-order valence-corrected chi connectivity index (χ1v) is 10.5. The normalized spacial score (nSPS) is 11.4. The summed E-state index contributed by atoms with van der Waals surface area (Å²) in [5, 5.41) is 10.6. The van der Waals surface area contributed by atoms with Crippen molar-refractivity contribution in [3.63, 3.8) is 0 Å². The maximum absolute atomic E-state index is 13.0. The number of alkyl halides is 3. The van der Waals surface area contributed by atoms with Crippen molar-refractivity contribution in [2.75, 3.05) is 17.7 Å². The molecule has 3 rings (SSSR count).